The van der Waals surface area contributed by atoms with Gasteiger partial charge in [0.05, 0.1) is 25.3 Å². The number of carbonyl (C=O) groups is 2. The first-order chi connectivity index (χ1) is 15.4. The van der Waals surface area contributed by atoms with Crippen molar-refractivity contribution < 1.29 is 29.3 Å². The van der Waals surface area contributed by atoms with Crippen LogP contribution >= 0.6 is 0 Å². The number of rotatable bonds is 9. The number of ketones is 1. The van der Waals surface area contributed by atoms with Crippen molar-refractivity contribution in [2.75, 3.05) is 20.3 Å². The first kappa shape index (κ1) is 23.2. The minimum absolute atomic E-state index is 0.00952. The molecule has 0 radical (unpaired) electrons. The van der Waals surface area contributed by atoms with Gasteiger partial charge in [-0.15, -0.1) is 0 Å². The van der Waals surface area contributed by atoms with E-state index >= 15 is 0 Å². The molecule has 1 saturated heterocycles. The van der Waals surface area contributed by atoms with Gasteiger partial charge in [-0.25, -0.2) is 0 Å². The predicted molar refractivity (Wildman–Crippen MR) is 121 cm³/mol. The highest BCUT2D eigenvalue weighted by Crippen LogP contribution is 2.42. The van der Waals surface area contributed by atoms with Crippen LogP contribution in [0.4, 0.5) is 0 Å². The second-order valence-electron chi connectivity index (χ2n) is 7.59. The van der Waals surface area contributed by atoms with Gasteiger partial charge in [-0.05, 0) is 43.2 Å². The molecule has 32 heavy (non-hydrogen) atoms. The lowest BCUT2D eigenvalue weighted by Gasteiger charge is -2.25. The van der Waals surface area contributed by atoms with Crippen LogP contribution in [0.15, 0.2) is 48.0 Å². The number of aliphatic hydroxyl groups excluding tert-OH is 1. The number of benzene rings is 2. The fraction of sp³-hybridized carbons (Fsp3) is 0.360. The van der Waals surface area contributed by atoms with E-state index in [1.165, 1.54) is 18.1 Å². The summed E-state index contributed by atoms with van der Waals surface area (Å²) in [5, 5.41) is 21.4. The quantitative estimate of drug-likeness (QED) is 0.260. The molecular weight excluding hydrogens is 410 g/mol. The number of unbranched alkanes of at least 4 members (excludes halogenated alkanes) is 2. The van der Waals surface area contributed by atoms with Crippen molar-refractivity contribution in [2.24, 2.45) is 0 Å². The van der Waals surface area contributed by atoms with Crippen LogP contribution in [0.25, 0.3) is 5.76 Å². The molecular formula is C25H29NO6. The Morgan fingerprint density at radius 1 is 1.09 bits per heavy atom. The van der Waals surface area contributed by atoms with Gasteiger partial charge >= 0.3 is 0 Å². The van der Waals surface area contributed by atoms with E-state index in [4.69, 9.17) is 9.47 Å². The lowest BCUT2D eigenvalue weighted by atomic mass is 9.95. The second-order valence-corrected chi connectivity index (χ2v) is 7.59. The Kier molecular flexibility index (Phi) is 7.41. The van der Waals surface area contributed by atoms with Crippen molar-refractivity contribution in [3.05, 3.63) is 59.2 Å². The zero-order valence-corrected chi connectivity index (χ0v) is 18.6. The Bertz CT molecular complexity index is 1030. The topological polar surface area (TPSA) is 96.3 Å². The van der Waals surface area contributed by atoms with Gasteiger partial charge in [0.25, 0.3) is 11.7 Å². The van der Waals surface area contributed by atoms with Crippen molar-refractivity contribution in [2.45, 2.75) is 39.2 Å². The molecule has 1 atom stereocenters. The van der Waals surface area contributed by atoms with Gasteiger partial charge in [0.15, 0.2) is 11.5 Å². The Morgan fingerprint density at radius 3 is 2.53 bits per heavy atom. The summed E-state index contributed by atoms with van der Waals surface area (Å²) in [5.41, 5.74) is 0.886. The largest absolute Gasteiger partial charge is 0.507 e. The van der Waals surface area contributed by atoms with E-state index in [1.54, 1.807) is 36.4 Å². The molecule has 7 nitrogen and oxygen atoms in total. The number of nitrogens with zero attached hydrogens (tertiary/aromatic N) is 1. The van der Waals surface area contributed by atoms with Crippen molar-refractivity contribution in [3.63, 3.8) is 0 Å². The molecule has 0 bridgehead atoms. The maximum Gasteiger partial charge on any atom is 0.295 e. The van der Waals surface area contributed by atoms with Gasteiger partial charge in [-0.3, -0.25) is 9.59 Å². The highest BCUT2D eigenvalue weighted by atomic mass is 16.5. The molecule has 0 saturated carbocycles. The summed E-state index contributed by atoms with van der Waals surface area (Å²) in [4.78, 5) is 27.4. The number of hydrogen-bond donors (Lipinski definition) is 2. The molecule has 2 aromatic carbocycles. The van der Waals surface area contributed by atoms with Crippen LogP contribution in [0.5, 0.6) is 17.2 Å². The van der Waals surface area contributed by atoms with Crippen molar-refractivity contribution >= 4 is 17.4 Å². The van der Waals surface area contributed by atoms with Crippen LogP contribution in [0, 0.1) is 0 Å². The number of hydrogen-bond acceptors (Lipinski definition) is 6. The monoisotopic (exact) mass is 439 g/mol. The molecule has 0 spiro atoms. The van der Waals surface area contributed by atoms with Crippen molar-refractivity contribution in [1.82, 2.24) is 4.90 Å². The van der Waals surface area contributed by atoms with Gasteiger partial charge in [0.1, 0.15) is 11.5 Å². The Labute approximate surface area is 187 Å². The summed E-state index contributed by atoms with van der Waals surface area (Å²) in [6.07, 6.45) is 2.59. The maximum absolute atomic E-state index is 13.0. The number of methoxy groups -OCH3 is 1. The van der Waals surface area contributed by atoms with Gasteiger partial charge in [-0.1, -0.05) is 38.0 Å². The maximum atomic E-state index is 13.0. The molecule has 1 aliphatic heterocycles. The molecule has 1 amide bonds. The van der Waals surface area contributed by atoms with Crippen LogP contribution < -0.4 is 9.47 Å². The van der Waals surface area contributed by atoms with E-state index in [-0.39, 0.29) is 22.8 Å². The zero-order chi connectivity index (χ0) is 23.3. The molecule has 3 rings (SSSR count). The van der Waals surface area contributed by atoms with E-state index in [0.29, 0.717) is 30.0 Å². The molecule has 170 valence electrons. The van der Waals surface area contributed by atoms with E-state index in [0.717, 1.165) is 19.3 Å². The Hall–Kier alpha value is -3.48. The number of amides is 1. The van der Waals surface area contributed by atoms with Crippen molar-refractivity contribution in [1.29, 1.82) is 0 Å². The number of ether oxygens (including phenoxy) is 2. The SMILES string of the molecule is CCCCCN1C(=O)C(=O)/C(=C(\O)c2cccc(OCC)c2)C1c1ccc(OC)c(O)c1. The van der Waals surface area contributed by atoms with E-state index in [2.05, 4.69) is 6.92 Å². The number of aromatic hydroxyl groups is 1. The summed E-state index contributed by atoms with van der Waals surface area (Å²) < 4.78 is 10.6. The van der Waals surface area contributed by atoms with Crippen molar-refractivity contribution in [3.8, 4) is 17.2 Å². The Balaban J connectivity index is 2.13. The van der Waals surface area contributed by atoms with E-state index < -0.39 is 17.7 Å². The summed E-state index contributed by atoms with van der Waals surface area (Å²) in [7, 11) is 1.44. The molecule has 2 N–H and O–H groups in total. The first-order valence-corrected chi connectivity index (χ1v) is 10.8. The smallest absolute Gasteiger partial charge is 0.295 e. The van der Waals surface area contributed by atoms with E-state index in [1.807, 2.05) is 6.92 Å². The number of phenols is 1. The molecule has 0 aliphatic carbocycles. The van der Waals surface area contributed by atoms with Crippen LogP contribution in [0.1, 0.15) is 50.3 Å². The predicted octanol–water partition coefficient (Wildman–Crippen LogP) is 4.41. The number of Topliss-reactive ketones (excluding diaryl/α,β-unsaturated/α-hetero) is 1. The fourth-order valence-corrected chi connectivity index (χ4v) is 3.92. The molecule has 1 fully saturated rings. The third kappa shape index (κ3) is 4.56. The summed E-state index contributed by atoms with van der Waals surface area (Å²) in [6, 6.07) is 10.7. The van der Waals surface area contributed by atoms with Crippen LogP contribution in [-0.4, -0.2) is 47.1 Å². The van der Waals surface area contributed by atoms with Crippen LogP contribution in [0.3, 0.4) is 0 Å². The van der Waals surface area contributed by atoms with Gasteiger partial charge in [0, 0.05) is 12.1 Å². The van der Waals surface area contributed by atoms with Gasteiger partial charge < -0.3 is 24.6 Å². The third-order valence-corrected chi connectivity index (χ3v) is 5.48. The first-order valence-electron chi connectivity index (χ1n) is 10.8. The second kappa shape index (κ2) is 10.2. The average molecular weight is 440 g/mol. The Morgan fingerprint density at radius 2 is 1.88 bits per heavy atom. The number of likely N-dealkylation sites (tertiary alicyclic amines) is 1. The van der Waals surface area contributed by atoms with Crippen LogP contribution in [-0.2, 0) is 9.59 Å². The highest BCUT2D eigenvalue weighted by molar-refractivity contribution is 6.46. The molecule has 7 heteroatoms. The number of carbonyl (C=O) groups excluding carboxylic acids is 2. The number of phenolic OH excluding ortho intramolecular Hbond substituents is 1. The molecule has 1 unspecified atom stereocenters. The summed E-state index contributed by atoms with van der Waals surface area (Å²) in [6.45, 7) is 4.73. The van der Waals surface area contributed by atoms with E-state index in [9.17, 15) is 19.8 Å². The number of aliphatic hydroxyl groups is 1. The average Bonchev–Trinajstić information content (AvgIpc) is 3.04. The minimum Gasteiger partial charge on any atom is -0.507 e. The lowest BCUT2D eigenvalue weighted by Crippen LogP contribution is -2.30. The molecule has 0 aromatic heterocycles. The standard InChI is InChI=1S/C25H29NO6/c1-4-6-7-13-26-22(16-11-12-20(31-3)19(27)15-16)21(24(29)25(26)30)23(28)17-9-8-10-18(14-17)32-5-2/h8-12,14-15,22,27-28H,4-7,13H2,1-3H3/b23-21-. The van der Waals surface area contributed by atoms with Gasteiger partial charge in [0.2, 0.25) is 0 Å². The third-order valence-electron chi connectivity index (χ3n) is 5.48. The summed E-state index contributed by atoms with van der Waals surface area (Å²) >= 11 is 0. The normalized spacial score (nSPS) is 17.6. The highest BCUT2D eigenvalue weighted by Gasteiger charge is 2.46. The minimum atomic E-state index is -0.820. The van der Waals surface area contributed by atoms with Crippen LogP contribution in [0.2, 0.25) is 0 Å². The summed E-state index contributed by atoms with van der Waals surface area (Å²) in [5.74, 6) is -0.968. The lowest BCUT2D eigenvalue weighted by molar-refractivity contribution is -0.139. The fourth-order valence-electron chi connectivity index (χ4n) is 3.92. The zero-order valence-electron chi connectivity index (χ0n) is 18.6. The molecule has 2 aromatic rings. The molecule has 1 aliphatic rings. The van der Waals surface area contributed by atoms with Gasteiger partial charge in [-0.2, -0.15) is 0 Å². The molecule has 1 heterocycles.